The van der Waals surface area contributed by atoms with Crippen molar-refractivity contribution >= 4 is 29.0 Å². The summed E-state index contributed by atoms with van der Waals surface area (Å²) in [4.78, 5) is 0. The molecule has 0 atom stereocenters. The normalized spacial score (nSPS) is 11.6. The molecule has 0 aromatic heterocycles. The second kappa shape index (κ2) is 7.31. The number of halogens is 2. The summed E-state index contributed by atoms with van der Waals surface area (Å²) in [7, 11) is 0. The average molecular weight is 325 g/mol. The van der Waals surface area contributed by atoms with E-state index in [1.807, 2.05) is 24.3 Å². The minimum atomic E-state index is 0.0169. The van der Waals surface area contributed by atoms with Crippen molar-refractivity contribution in [2.75, 3.05) is 0 Å². The SMILES string of the molecule is N/C(=N/O)c1ccc(COCc2cccc(Cl)c2)c(Cl)c1. The number of oxime groups is 1. The van der Waals surface area contributed by atoms with Crippen molar-refractivity contribution in [2.24, 2.45) is 10.9 Å². The Balaban J connectivity index is 1.97. The monoisotopic (exact) mass is 324 g/mol. The van der Waals surface area contributed by atoms with Crippen LogP contribution in [0.3, 0.4) is 0 Å². The minimum Gasteiger partial charge on any atom is -0.409 e. The lowest BCUT2D eigenvalue weighted by Crippen LogP contribution is -2.13. The van der Waals surface area contributed by atoms with E-state index in [-0.39, 0.29) is 5.84 Å². The van der Waals surface area contributed by atoms with Crippen LogP contribution in [0.5, 0.6) is 0 Å². The number of rotatable bonds is 5. The van der Waals surface area contributed by atoms with Gasteiger partial charge in [0.1, 0.15) is 0 Å². The van der Waals surface area contributed by atoms with Crippen LogP contribution in [-0.4, -0.2) is 11.0 Å². The van der Waals surface area contributed by atoms with Gasteiger partial charge in [0.05, 0.1) is 13.2 Å². The van der Waals surface area contributed by atoms with Crippen LogP contribution in [0.4, 0.5) is 0 Å². The van der Waals surface area contributed by atoms with Gasteiger partial charge >= 0.3 is 0 Å². The van der Waals surface area contributed by atoms with Crippen molar-refractivity contribution in [1.82, 2.24) is 0 Å². The Morgan fingerprint density at radius 1 is 1.14 bits per heavy atom. The highest BCUT2D eigenvalue weighted by Gasteiger charge is 2.05. The zero-order chi connectivity index (χ0) is 15.2. The molecule has 0 saturated heterocycles. The molecule has 0 heterocycles. The fourth-order valence-electron chi connectivity index (χ4n) is 1.79. The zero-order valence-corrected chi connectivity index (χ0v) is 12.6. The number of hydrogen-bond acceptors (Lipinski definition) is 3. The Morgan fingerprint density at radius 3 is 2.62 bits per heavy atom. The Kier molecular flexibility index (Phi) is 5.44. The van der Waals surface area contributed by atoms with Crippen LogP contribution in [0.15, 0.2) is 47.6 Å². The summed E-state index contributed by atoms with van der Waals surface area (Å²) >= 11 is 12.1. The van der Waals surface area contributed by atoms with Crippen molar-refractivity contribution in [1.29, 1.82) is 0 Å². The third kappa shape index (κ3) is 4.36. The van der Waals surface area contributed by atoms with Crippen molar-refractivity contribution in [3.8, 4) is 0 Å². The van der Waals surface area contributed by atoms with Gasteiger partial charge in [0, 0.05) is 15.6 Å². The maximum atomic E-state index is 8.62. The molecule has 0 radical (unpaired) electrons. The molecule has 2 rings (SSSR count). The molecule has 2 aromatic carbocycles. The first kappa shape index (κ1) is 15.6. The van der Waals surface area contributed by atoms with E-state index in [1.165, 1.54) is 0 Å². The van der Waals surface area contributed by atoms with E-state index in [2.05, 4.69) is 5.16 Å². The Morgan fingerprint density at radius 2 is 1.95 bits per heavy atom. The van der Waals surface area contributed by atoms with Gasteiger partial charge in [0.2, 0.25) is 0 Å². The van der Waals surface area contributed by atoms with Gasteiger partial charge in [-0.1, -0.05) is 52.6 Å². The molecular weight excluding hydrogens is 311 g/mol. The molecule has 0 unspecified atom stereocenters. The molecule has 0 amide bonds. The van der Waals surface area contributed by atoms with Gasteiger partial charge in [0.25, 0.3) is 0 Å². The van der Waals surface area contributed by atoms with E-state index >= 15 is 0 Å². The number of nitrogens with zero attached hydrogens (tertiary/aromatic N) is 1. The summed E-state index contributed by atoms with van der Waals surface area (Å²) < 4.78 is 5.61. The van der Waals surface area contributed by atoms with Gasteiger partial charge < -0.3 is 15.7 Å². The topological polar surface area (TPSA) is 67.8 Å². The summed E-state index contributed by atoms with van der Waals surface area (Å²) in [5.41, 5.74) is 7.88. The molecule has 0 saturated carbocycles. The fraction of sp³-hybridized carbons (Fsp3) is 0.133. The Hall–Kier alpha value is -1.75. The van der Waals surface area contributed by atoms with E-state index < -0.39 is 0 Å². The third-order valence-corrected chi connectivity index (χ3v) is 3.46. The van der Waals surface area contributed by atoms with Gasteiger partial charge in [0.15, 0.2) is 5.84 Å². The molecule has 0 aliphatic carbocycles. The molecule has 0 spiro atoms. The van der Waals surface area contributed by atoms with Crippen molar-refractivity contribution in [3.05, 3.63) is 69.2 Å². The first-order chi connectivity index (χ1) is 10.1. The van der Waals surface area contributed by atoms with Gasteiger partial charge in [-0.2, -0.15) is 0 Å². The van der Waals surface area contributed by atoms with Crippen LogP contribution in [0.1, 0.15) is 16.7 Å². The number of amidine groups is 1. The molecular formula is C15H14Cl2N2O2. The number of nitrogens with two attached hydrogens (primary N) is 1. The second-order valence-electron chi connectivity index (χ2n) is 4.41. The van der Waals surface area contributed by atoms with Crippen molar-refractivity contribution < 1.29 is 9.94 Å². The molecule has 0 aliphatic rings. The summed E-state index contributed by atoms with van der Waals surface area (Å²) in [6.45, 7) is 0.806. The van der Waals surface area contributed by atoms with Crippen LogP contribution < -0.4 is 5.73 Å². The van der Waals surface area contributed by atoms with Gasteiger partial charge in [-0.25, -0.2) is 0 Å². The molecule has 21 heavy (non-hydrogen) atoms. The summed E-state index contributed by atoms with van der Waals surface area (Å²) in [6, 6.07) is 12.6. The molecule has 4 nitrogen and oxygen atoms in total. The molecule has 0 bridgehead atoms. The van der Waals surface area contributed by atoms with E-state index in [4.69, 9.17) is 38.9 Å². The Bertz CT molecular complexity index is 660. The maximum absolute atomic E-state index is 8.62. The first-order valence-electron chi connectivity index (χ1n) is 6.18. The lowest BCUT2D eigenvalue weighted by Gasteiger charge is -2.08. The quantitative estimate of drug-likeness (QED) is 0.380. The van der Waals surface area contributed by atoms with Crippen molar-refractivity contribution in [2.45, 2.75) is 13.2 Å². The van der Waals surface area contributed by atoms with E-state index in [0.717, 1.165) is 11.1 Å². The largest absolute Gasteiger partial charge is 0.409 e. The average Bonchev–Trinajstić information content (AvgIpc) is 2.48. The molecule has 3 N–H and O–H groups in total. The van der Waals surface area contributed by atoms with Gasteiger partial charge in [-0.3, -0.25) is 0 Å². The van der Waals surface area contributed by atoms with E-state index in [1.54, 1.807) is 18.2 Å². The van der Waals surface area contributed by atoms with Gasteiger partial charge in [-0.15, -0.1) is 0 Å². The zero-order valence-electron chi connectivity index (χ0n) is 11.1. The predicted molar refractivity (Wildman–Crippen MR) is 83.9 cm³/mol. The standard InChI is InChI=1S/C15H14Cl2N2O2/c16-13-3-1-2-10(6-13)8-21-9-12-5-4-11(7-14(12)17)15(18)19-20/h1-7,20H,8-9H2,(H2,18,19). The predicted octanol–water partition coefficient (Wildman–Crippen LogP) is 3.80. The van der Waals surface area contributed by atoms with Crippen molar-refractivity contribution in [3.63, 3.8) is 0 Å². The molecule has 110 valence electrons. The first-order valence-corrected chi connectivity index (χ1v) is 6.94. The lowest BCUT2D eigenvalue weighted by atomic mass is 10.1. The van der Waals surface area contributed by atoms with Crippen LogP contribution in [0.2, 0.25) is 10.0 Å². The van der Waals surface area contributed by atoms with E-state index in [9.17, 15) is 0 Å². The highest BCUT2D eigenvalue weighted by atomic mass is 35.5. The van der Waals surface area contributed by atoms with Crippen LogP contribution >= 0.6 is 23.2 Å². The maximum Gasteiger partial charge on any atom is 0.170 e. The molecule has 6 heteroatoms. The fourth-order valence-corrected chi connectivity index (χ4v) is 2.24. The highest BCUT2D eigenvalue weighted by Crippen LogP contribution is 2.20. The van der Waals surface area contributed by atoms with E-state index in [0.29, 0.717) is 28.8 Å². The molecule has 0 fully saturated rings. The summed E-state index contributed by atoms with van der Waals surface area (Å²) in [6.07, 6.45) is 0. The Labute approximate surface area is 132 Å². The second-order valence-corrected chi connectivity index (χ2v) is 5.26. The third-order valence-electron chi connectivity index (χ3n) is 2.87. The van der Waals surface area contributed by atoms with Crippen LogP contribution in [-0.2, 0) is 18.0 Å². The van der Waals surface area contributed by atoms with Crippen LogP contribution in [0.25, 0.3) is 0 Å². The number of ether oxygens (including phenoxy) is 1. The smallest absolute Gasteiger partial charge is 0.170 e. The summed E-state index contributed by atoms with van der Waals surface area (Å²) in [5.74, 6) is 0.0169. The highest BCUT2D eigenvalue weighted by molar-refractivity contribution is 6.31. The molecule has 0 aliphatic heterocycles. The number of hydrogen-bond donors (Lipinski definition) is 2. The van der Waals surface area contributed by atoms with Crippen LogP contribution in [0, 0.1) is 0 Å². The summed E-state index contributed by atoms with van der Waals surface area (Å²) in [5, 5.41) is 12.7. The minimum absolute atomic E-state index is 0.0169. The number of benzene rings is 2. The molecule has 2 aromatic rings. The van der Waals surface area contributed by atoms with Gasteiger partial charge in [-0.05, 0) is 29.3 Å². The lowest BCUT2D eigenvalue weighted by molar-refractivity contribution is 0.107.